The van der Waals surface area contributed by atoms with Gasteiger partial charge >= 0.3 is 5.97 Å². The van der Waals surface area contributed by atoms with Crippen LogP contribution in [0.25, 0.3) is 0 Å². The summed E-state index contributed by atoms with van der Waals surface area (Å²) in [6.45, 7) is 4.43. The number of nitrogens with one attached hydrogen (secondary N) is 1. The van der Waals surface area contributed by atoms with Crippen molar-refractivity contribution in [2.24, 2.45) is 5.92 Å². The highest BCUT2D eigenvalue weighted by atomic mass is 16.5. The van der Waals surface area contributed by atoms with Crippen molar-refractivity contribution in [3.05, 3.63) is 70.8 Å². The van der Waals surface area contributed by atoms with Gasteiger partial charge in [0.05, 0.1) is 12.7 Å². The number of nitrogens with zero attached hydrogens (tertiary/aromatic N) is 1. The molecular formula is C27H34N2O2. The summed E-state index contributed by atoms with van der Waals surface area (Å²) in [5, 5.41) is 3.85. The van der Waals surface area contributed by atoms with Crippen LogP contribution in [0.1, 0.15) is 71.0 Å². The number of rotatable bonds is 8. The average Bonchev–Trinajstić information content (AvgIpc) is 3.73. The van der Waals surface area contributed by atoms with Gasteiger partial charge in [-0.05, 0) is 92.4 Å². The van der Waals surface area contributed by atoms with Gasteiger partial charge in [-0.2, -0.15) is 0 Å². The Labute approximate surface area is 186 Å². The molecule has 2 aromatic rings. The monoisotopic (exact) mass is 418 g/mol. The number of piperidine rings is 1. The molecule has 0 radical (unpaired) electrons. The van der Waals surface area contributed by atoms with Crippen molar-refractivity contribution in [3.8, 4) is 0 Å². The third-order valence-electron chi connectivity index (χ3n) is 7.36. The van der Waals surface area contributed by atoms with Crippen LogP contribution < -0.4 is 5.32 Å². The Morgan fingerprint density at radius 2 is 1.65 bits per heavy atom. The lowest BCUT2D eigenvalue weighted by Crippen LogP contribution is -2.37. The van der Waals surface area contributed by atoms with Crippen molar-refractivity contribution in [2.75, 3.05) is 26.7 Å². The second-order valence-electron chi connectivity index (χ2n) is 9.71. The van der Waals surface area contributed by atoms with Gasteiger partial charge in [0.2, 0.25) is 0 Å². The SMILES string of the molecule is COC(=O)c1ccc(CN2CCC(CN[C@H]3C[C@@H]3c3ccc(C4CC4)cc3)CC2)cc1. The number of esters is 1. The molecule has 0 spiro atoms. The van der Waals surface area contributed by atoms with Gasteiger partial charge < -0.3 is 10.1 Å². The zero-order chi connectivity index (χ0) is 21.2. The van der Waals surface area contributed by atoms with E-state index in [-0.39, 0.29) is 5.97 Å². The van der Waals surface area contributed by atoms with Gasteiger partial charge in [0.1, 0.15) is 0 Å². The molecule has 2 aromatic carbocycles. The summed E-state index contributed by atoms with van der Waals surface area (Å²) in [5.74, 6) is 2.10. The molecule has 2 aliphatic carbocycles. The van der Waals surface area contributed by atoms with Crippen LogP contribution >= 0.6 is 0 Å². The van der Waals surface area contributed by atoms with Gasteiger partial charge in [-0.25, -0.2) is 4.79 Å². The first-order valence-electron chi connectivity index (χ1n) is 11.9. The Hall–Kier alpha value is -2.17. The van der Waals surface area contributed by atoms with Gasteiger partial charge in [-0.3, -0.25) is 4.90 Å². The van der Waals surface area contributed by atoms with Crippen LogP contribution in [-0.2, 0) is 11.3 Å². The molecule has 2 atom stereocenters. The molecular weight excluding hydrogens is 384 g/mol. The highest BCUT2D eigenvalue weighted by molar-refractivity contribution is 5.89. The van der Waals surface area contributed by atoms with E-state index < -0.39 is 0 Å². The maximum atomic E-state index is 11.6. The quantitative estimate of drug-likeness (QED) is 0.631. The molecule has 0 amide bonds. The van der Waals surface area contributed by atoms with E-state index in [4.69, 9.17) is 4.74 Å². The predicted molar refractivity (Wildman–Crippen MR) is 123 cm³/mol. The van der Waals surface area contributed by atoms with Crippen LogP contribution in [0.5, 0.6) is 0 Å². The molecule has 4 nitrogen and oxygen atoms in total. The van der Waals surface area contributed by atoms with E-state index in [0.29, 0.717) is 11.6 Å². The molecule has 31 heavy (non-hydrogen) atoms. The standard InChI is InChI=1S/C27H34N2O2/c1-31-27(30)24-4-2-20(3-5-24)18-29-14-12-19(13-15-29)17-28-26-16-25(26)23-10-8-22(9-11-23)21-6-7-21/h2-5,8-11,19,21,25-26,28H,6-7,12-18H2,1H3/t25-,26+/m1/s1. The number of hydrogen-bond donors (Lipinski definition) is 1. The number of methoxy groups -OCH3 is 1. The first kappa shape index (κ1) is 20.7. The summed E-state index contributed by atoms with van der Waals surface area (Å²) >= 11 is 0. The van der Waals surface area contributed by atoms with E-state index in [1.807, 2.05) is 24.3 Å². The Bertz CT molecular complexity index is 880. The first-order valence-corrected chi connectivity index (χ1v) is 11.9. The molecule has 4 heteroatoms. The molecule has 0 unspecified atom stereocenters. The van der Waals surface area contributed by atoms with E-state index in [1.54, 1.807) is 5.56 Å². The fraction of sp³-hybridized carbons (Fsp3) is 0.519. The Morgan fingerprint density at radius 1 is 0.968 bits per heavy atom. The zero-order valence-electron chi connectivity index (χ0n) is 18.6. The lowest BCUT2D eigenvalue weighted by atomic mass is 9.96. The molecule has 5 rings (SSSR count). The second kappa shape index (κ2) is 9.13. The van der Waals surface area contributed by atoms with E-state index in [2.05, 4.69) is 34.5 Å². The normalized spacial score (nSPS) is 24.2. The molecule has 1 heterocycles. The highest BCUT2D eigenvalue weighted by Crippen LogP contribution is 2.44. The number of carbonyl (C=O) groups excluding carboxylic acids is 1. The predicted octanol–water partition coefficient (Wildman–Crippen LogP) is 4.71. The Morgan fingerprint density at radius 3 is 2.29 bits per heavy atom. The van der Waals surface area contributed by atoms with E-state index in [0.717, 1.165) is 43.9 Å². The smallest absolute Gasteiger partial charge is 0.337 e. The zero-order valence-corrected chi connectivity index (χ0v) is 18.6. The third kappa shape index (κ3) is 5.19. The lowest BCUT2D eigenvalue weighted by molar-refractivity contribution is 0.0600. The molecule has 0 bridgehead atoms. The van der Waals surface area contributed by atoms with Crippen molar-refractivity contribution in [2.45, 2.75) is 56.5 Å². The summed E-state index contributed by atoms with van der Waals surface area (Å²) in [7, 11) is 1.42. The van der Waals surface area contributed by atoms with E-state index in [1.165, 1.54) is 50.3 Å². The maximum Gasteiger partial charge on any atom is 0.337 e. The molecule has 1 saturated heterocycles. The minimum Gasteiger partial charge on any atom is -0.465 e. The number of carbonyl (C=O) groups is 1. The summed E-state index contributed by atoms with van der Waals surface area (Å²) in [6.07, 6.45) is 6.59. The molecule has 3 fully saturated rings. The van der Waals surface area contributed by atoms with Crippen molar-refractivity contribution < 1.29 is 9.53 Å². The molecule has 2 saturated carbocycles. The summed E-state index contributed by atoms with van der Waals surface area (Å²) in [5.41, 5.74) is 4.95. The largest absolute Gasteiger partial charge is 0.465 e. The summed E-state index contributed by atoms with van der Waals surface area (Å²) < 4.78 is 4.77. The molecule has 3 aliphatic rings. The van der Waals surface area contributed by atoms with Crippen molar-refractivity contribution in [3.63, 3.8) is 0 Å². The minimum atomic E-state index is -0.270. The van der Waals surface area contributed by atoms with Crippen LogP contribution in [0.15, 0.2) is 48.5 Å². The van der Waals surface area contributed by atoms with E-state index in [9.17, 15) is 4.79 Å². The summed E-state index contributed by atoms with van der Waals surface area (Å²) in [4.78, 5) is 14.1. The number of likely N-dealkylation sites (tertiary alicyclic amines) is 1. The molecule has 0 aromatic heterocycles. The van der Waals surface area contributed by atoms with Gasteiger partial charge in [0.25, 0.3) is 0 Å². The first-order chi connectivity index (χ1) is 15.2. The number of benzene rings is 2. The fourth-order valence-corrected chi connectivity index (χ4v) is 5.01. The van der Waals surface area contributed by atoms with Gasteiger partial charge in [-0.15, -0.1) is 0 Å². The summed E-state index contributed by atoms with van der Waals surface area (Å²) in [6, 6.07) is 18.0. The topological polar surface area (TPSA) is 41.6 Å². The lowest BCUT2D eigenvalue weighted by Gasteiger charge is -2.32. The molecule has 1 aliphatic heterocycles. The molecule has 164 valence electrons. The number of ether oxygens (including phenoxy) is 1. The minimum absolute atomic E-state index is 0.270. The Kier molecular flexibility index (Phi) is 6.10. The van der Waals surface area contributed by atoms with Crippen LogP contribution in [0.2, 0.25) is 0 Å². The van der Waals surface area contributed by atoms with Gasteiger partial charge in [-0.1, -0.05) is 36.4 Å². The van der Waals surface area contributed by atoms with Crippen molar-refractivity contribution in [1.82, 2.24) is 10.2 Å². The maximum absolute atomic E-state index is 11.6. The fourth-order valence-electron chi connectivity index (χ4n) is 5.01. The van der Waals surface area contributed by atoms with E-state index >= 15 is 0 Å². The number of hydrogen-bond acceptors (Lipinski definition) is 4. The third-order valence-corrected chi connectivity index (χ3v) is 7.36. The van der Waals surface area contributed by atoms with Gasteiger partial charge in [0, 0.05) is 18.5 Å². The van der Waals surface area contributed by atoms with Crippen LogP contribution in [0.4, 0.5) is 0 Å². The van der Waals surface area contributed by atoms with Crippen LogP contribution in [0, 0.1) is 5.92 Å². The van der Waals surface area contributed by atoms with Crippen LogP contribution in [-0.4, -0.2) is 43.7 Å². The van der Waals surface area contributed by atoms with Crippen LogP contribution in [0.3, 0.4) is 0 Å². The highest BCUT2D eigenvalue weighted by Gasteiger charge is 2.38. The molecule has 1 N–H and O–H groups in total. The average molecular weight is 419 g/mol. The van der Waals surface area contributed by atoms with Gasteiger partial charge in [0.15, 0.2) is 0 Å². The van der Waals surface area contributed by atoms with Crippen molar-refractivity contribution >= 4 is 5.97 Å². The Balaban J connectivity index is 1.02. The van der Waals surface area contributed by atoms with Crippen molar-refractivity contribution in [1.29, 1.82) is 0 Å². The second-order valence-corrected chi connectivity index (χ2v) is 9.71.